The summed E-state index contributed by atoms with van der Waals surface area (Å²) in [5.41, 5.74) is -7.84. The molecule has 14 heteroatoms. The molecule has 3 aromatic rings. The molecule has 0 saturated heterocycles. The summed E-state index contributed by atoms with van der Waals surface area (Å²) in [6.45, 7) is 0. The van der Waals surface area contributed by atoms with E-state index in [0.29, 0.717) is 12.1 Å². The zero-order chi connectivity index (χ0) is 36.7. The third-order valence-electron chi connectivity index (χ3n) is 7.87. The molecule has 8 nitrogen and oxygen atoms in total. The first-order valence-corrected chi connectivity index (χ1v) is 13.6. The lowest BCUT2D eigenvalue weighted by Crippen LogP contribution is -2.08. The van der Waals surface area contributed by atoms with E-state index in [4.69, 9.17) is 0 Å². The highest BCUT2D eigenvalue weighted by Gasteiger charge is 2.40. The van der Waals surface area contributed by atoms with E-state index in [1.165, 1.54) is 24.3 Å². The molecule has 234 valence electrons. The minimum absolute atomic E-state index is 0.0496. The SMILES string of the molecule is N#CC(C#N)=C1C(c2ccc(C(F)(F)F)c(C#N)c2)=C(C#N)c2cc3c(cc21)C(C#N)=C(c1ccc(C#N)c(C(F)(F)F)c1)C3=C(C#N)C#N. The quantitative estimate of drug-likeness (QED) is 0.194. The largest absolute Gasteiger partial charge is 0.417 e. The average molecular weight is 667 g/mol. The van der Waals surface area contributed by atoms with Gasteiger partial charge in [-0.2, -0.15) is 68.4 Å². The Bertz CT molecular complexity index is 2560. The lowest BCUT2D eigenvalue weighted by atomic mass is 9.89. The van der Waals surface area contributed by atoms with Gasteiger partial charge in [0.15, 0.2) is 0 Å². The maximum Gasteiger partial charge on any atom is 0.417 e. The molecule has 0 fully saturated rings. The molecule has 50 heavy (non-hydrogen) atoms. The van der Waals surface area contributed by atoms with Crippen LogP contribution in [0.5, 0.6) is 0 Å². The van der Waals surface area contributed by atoms with Crippen LogP contribution in [0.25, 0.3) is 33.4 Å². The Kier molecular flexibility index (Phi) is 8.07. The van der Waals surface area contributed by atoms with Crippen molar-refractivity contribution in [2.24, 2.45) is 0 Å². The maximum atomic E-state index is 13.9. The lowest BCUT2D eigenvalue weighted by molar-refractivity contribution is -0.138. The summed E-state index contributed by atoms with van der Waals surface area (Å²) >= 11 is 0. The minimum Gasteiger partial charge on any atom is -0.192 e. The predicted molar refractivity (Wildman–Crippen MR) is 160 cm³/mol. The molecule has 0 heterocycles. The van der Waals surface area contributed by atoms with E-state index >= 15 is 0 Å². The van der Waals surface area contributed by atoms with Crippen molar-refractivity contribution < 1.29 is 26.3 Å². The molecular weight excluding hydrogens is 658 g/mol. The Balaban J connectivity index is 1.91. The standard InChI is InChI=1S/C36H8F6N8/c37-35(38,39)29-4-3-17(5-20(29)10-44)31-27(15-49)23-7-26-24(8-25(23)33(31)21(11-45)12-46)28(16-50)32(34(26)22(13-47)14-48)18-1-2-19(9-43)30(6-18)36(40,41)42/h1-8H. The molecule has 2 aliphatic carbocycles. The van der Waals surface area contributed by atoms with Gasteiger partial charge < -0.3 is 0 Å². The number of hydrogen-bond acceptors (Lipinski definition) is 8. The van der Waals surface area contributed by atoms with Crippen molar-refractivity contribution in [1.29, 1.82) is 42.1 Å². The fraction of sp³-hybridized carbons (Fsp3) is 0.0556. The van der Waals surface area contributed by atoms with Crippen molar-refractivity contribution >= 4 is 33.4 Å². The number of halogens is 6. The molecule has 0 saturated carbocycles. The van der Waals surface area contributed by atoms with Crippen LogP contribution < -0.4 is 0 Å². The third-order valence-corrected chi connectivity index (χ3v) is 7.87. The summed E-state index contributed by atoms with van der Waals surface area (Å²) in [6.07, 6.45) is -9.94. The molecule has 0 N–H and O–H groups in total. The van der Waals surface area contributed by atoms with Crippen LogP contribution in [-0.2, 0) is 12.4 Å². The van der Waals surface area contributed by atoms with Crippen LogP contribution in [0.15, 0.2) is 59.7 Å². The third kappa shape index (κ3) is 5.06. The van der Waals surface area contributed by atoms with Gasteiger partial charge in [0.25, 0.3) is 0 Å². The summed E-state index contributed by atoms with van der Waals surface area (Å²) in [7, 11) is 0. The normalized spacial score (nSPS) is 13.0. The summed E-state index contributed by atoms with van der Waals surface area (Å²) in [5.74, 6) is 0. The van der Waals surface area contributed by atoms with E-state index in [1.807, 2.05) is 12.1 Å². The van der Waals surface area contributed by atoms with Crippen molar-refractivity contribution in [3.05, 3.63) is 115 Å². The Morgan fingerprint density at radius 2 is 0.860 bits per heavy atom. The molecule has 0 aromatic heterocycles. The second-order valence-corrected chi connectivity index (χ2v) is 10.4. The average Bonchev–Trinajstić information content (AvgIpc) is 3.58. The molecule has 0 amide bonds. The molecule has 0 bridgehead atoms. The van der Waals surface area contributed by atoms with E-state index in [0.717, 1.165) is 24.3 Å². The van der Waals surface area contributed by atoms with Crippen molar-refractivity contribution in [2.75, 3.05) is 0 Å². The maximum absolute atomic E-state index is 13.9. The number of rotatable bonds is 2. The molecular formula is C36H8F6N8. The number of benzene rings is 3. The van der Waals surface area contributed by atoms with Crippen molar-refractivity contribution in [2.45, 2.75) is 12.4 Å². The van der Waals surface area contributed by atoms with Crippen LogP contribution >= 0.6 is 0 Å². The molecule has 3 aromatic carbocycles. The first-order chi connectivity index (χ1) is 23.7. The fourth-order valence-corrected chi connectivity index (χ4v) is 5.89. The van der Waals surface area contributed by atoms with Gasteiger partial charge in [-0.15, -0.1) is 0 Å². The zero-order valence-corrected chi connectivity index (χ0v) is 24.5. The van der Waals surface area contributed by atoms with Crippen LogP contribution in [0, 0.1) is 90.6 Å². The Hall–Kier alpha value is -7.88. The van der Waals surface area contributed by atoms with E-state index in [1.54, 1.807) is 24.3 Å². The summed E-state index contributed by atoms with van der Waals surface area (Å²) in [6, 6.07) is 20.6. The van der Waals surface area contributed by atoms with Gasteiger partial charge in [-0.1, -0.05) is 12.1 Å². The Morgan fingerprint density at radius 1 is 0.440 bits per heavy atom. The topological polar surface area (TPSA) is 190 Å². The number of allylic oxidation sites excluding steroid dienone is 8. The van der Waals surface area contributed by atoms with Gasteiger partial charge in [0.2, 0.25) is 0 Å². The predicted octanol–water partition coefficient (Wildman–Crippen LogP) is 7.97. The van der Waals surface area contributed by atoms with Crippen LogP contribution in [0.1, 0.15) is 55.6 Å². The fourth-order valence-electron chi connectivity index (χ4n) is 5.89. The van der Waals surface area contributed by atoms with E-state index in [-0.39, 0.29) is 66.8 Å². The van der Waals surface area contributed by atoms with Crippen LogP contribution in [-0.4, -0.2) is 0 Å². The number of alkyl halides is 6. The Morgan fingerprint density at radius 3 is 1.24 bits per heavy atom. The second-order valence-electron chi connectivity index (χ2n) is 10.4. The number of fused-ring (bicyclic) bond motifs is 2. The second kappa shape index (κ2) is 12.0. The van der Waals surface area contributed by atoms with Crippen molar-refractivity contribution in [3.63, 3.8) is 0 Å². The van der Waals surface area contributed by atoms with Gasteiger partial charge in [-0.3, -0.25) is 0 Å². The molecule has 0 aliphatic heterocycles. The molecule has 2 aliphatic rings. The Labute approximate surface area is 277 Å². The van der Waals surface area contributed by atoms with E-state index in [9.17, 15) is 68.4 Å². The van der Waals surface area contributed by atoms with E-state index in [2.05, 4.69) is 0 Å². The van der Waals surface area contributed by atoms with Gasteiger partial charge in [0, 0.05) is 33.4 Å². The van der Waals surface area contributed by atoms with Gasteiger partial charge >= 0.3 is 12.4 Å². The number of hydrogen-bond donors (Lipinski definition) is 0. The smallest absolute Gasteiger partial charge is 0.192 e. The molecule has 0 spiro atoms. The lowest BCUT2D eigenvalue weighted by Gasteiger charge is -2.13. The van der Waals surface area contributed by atoms with Gasteiger partial charge in [-0.25, -0.2) is 0 Å². The van der Waals surface area contributed by atoms with Gasteiger partial charge in [-0.05, 0) is 58.7 Å². The van der Waals surface area contributed by atoms with Crippen molar-refractivity contribution in [3.8, 4) is 48.6 Å². The first-order valence-electron chi connectivity index (χ1n) is 13.6. The summed E-state index contributed by atoms with van der Waals surface area (Å²) in [5, 5.41) is 79.0. The monoisotopic (exact) mass is 666 g/mol. The summed E-state index contributed by atoms with van der Waals surface area (Å²) in [4.78, 5) is 0. The van der Waals surface area contributed by atoms with Crippen molar-refractivity contribution in [1.82, 2.24) is 0 Å². The molecule has 0 atom stereocenters. The highest BCUT2D eigenvalue weighted by atomic mass is 19.4. The van der Waals surface area contributed by atoms with Crippen LogP contribution in [0.4, 0.5) is 26.3 Å². The van der Waals surface area contributed by atoms with Crippen LogP contribution in [0.3, 0.4) is 0 Å². The van der Waals surface area contributed by atoms with Gasteiger partial charge in [0.1, 0.15) is 47.6 Å². The van der Waals surface area contributed by atoms with E-state index < -0.39 is 45.8 Å². The van der Waals surface area contributed by atoms with Gasteiger partial charge in [0.05, 0.1) is 45.5 Å². The molecule has 0 unspecified atom stereocenters. The molecule has 0 radical (unpaired) electrons. The number of nitriles is 8. The van der Waals surface area contributed by atoms with Crippen LogP contribution in [0.2, 0.25) is 0 Å². The number of nitrogens with zero attached hydrogens (tertiary/aromatic N) is 8. The minimum atomic E-state index is -5.02. The highest BCUT2D eigenvalue weighted by Crippen LogP contribution is 2.55. The summed E-state index contributed by atoms with van der Waals surface area (Å²) < 4.78 is 82.6. The first kappa shape index (κ1) is 33.5. The zero-order valence-electron chi connectivity index (χ0n) is 24.5. The highest BCUT2D eigenvalue weighted by molar-refractivity contribution is 6.29. The molecule has 5 rings (SSSR count).